The van der Waals surface area contributed by atoms with Gasteiger partial charge >= 0.3 is 0 Å². The first-order chi connectivity index (χ1) is 10.2. The van der Waals surface area contributed by atoms with Crippen LogP contribution in [0.5, 0.6) is 5.88 Å². The van der Waals surface area contributed by atoms with Crippen LogP contribution >= 0.6 is 0 Å². The summed E-state index contributed by atoms with van der Waals surface area (Å²) >= 11 is 0. The van der Waals surface area contributed by atoms with Crippen molar-refractivity contribution in [3.05, 3.63) is 47.7 Å². The number of rotatable bonds is 2. The maximum atomic E-state index is 12.8. The molecular formula is C16H17N3O2. The van der Waals surface area contributed by atoms with E-state index in [1.807, 2.05) is 18.2 Å². The number of fused-ring (bicyclic) bond motifs is 1. The lowest BCUT2D eigenvalue weighted by Gasteiger charge is -2.30. The van der Waals surface area contributed by atoms with E-state index in [1.54, 1.807) is 23.2 Å². The molecule has 5 heteroatoms. The SMILES string of the molecule is COc1ncccc1C(=O)N1CCCc2ccc(N)cc21. The van der Waals surface area contributed by atoms with Crippen molar-refractivity contribution in [2.45, 2.75) is 12.8 Å². The van der Waals surface area contributed by atoms with E-state index in [0.717, 1.165) is 24.1 Å². The molecule has 2 aromatic rings. The van der Waals surface area contributed by atoms with Crippen LogP contribution in [0.1, 0.15) is 22.3 Å². The molecule has 3 rings (SSSR count). The molecule has 1 aliphatic rings. The Morgan fingerprint density at radius 1 is 1.38 bits per heavy atom. The van der Waals surface area contributed by atoms with Crippen molar-refractivity contribution in [3.8, 4) is 5.88 Å². The van der Waals surface area contributed by atoms with Crippen LogP contribution in [0.15, 0.2) is 36.5 Å². The molecule has 1 amide bonds. The molecule has 1 aromatic heterocycles. The molecule has 2 heterocycles. The fourth-order valence-electron chi connectivity index (χ4n) is 2.66. The number of nitrogens with zero attached hydrogens (tertiary/aromatic N) is 2. The van der Waals surface area contributed by atoms with E-state index >= 15 is 0 Å². The summed E-state index contributed by atoms with van der Waals surface area (Å²) in [5.74, 6) is 0.241. The Kier molecular flexibility index (Phi) is 3.48. The normalized spacial score (nSPS) is 13.7. The largest absolute Gasteiger partial charge is 0.480 e. The molecule has 0 aliphatic carbocycles. The minimum absolute atomic E-state index is 0.105. The minimum atomic E-state index is -0.105. The topological polar surface area (TPSA) is 68.5 Å². The van der Waals surface area contributed by atoms with Gasteiger partial charge in [-0.1, -0.05) is 6.07 Å². The number of hydrogen-bond donors (Lipinski definition) is 1. The van der Waals surface area contributed by atoms with Gasteiger partial charge in [-0.25, -0.2) is 4.98 Å². The monoisotopic (exact) mass is 283 g/mol. The van der Waals surface area contributed by atoms with Crippen molar-refractivity contribution < 1.29 is 9.53 Å². The number of anilines is 2. The first kappa shape index (κ1) is 13.4. The predicted octanol–water partition coefficient (Wildman–Crippen LogP) is 2.27. The van der Waals surface area contributed by atoms with E-state index < -0.39 is 0 Å². The smallest absolute Gasteiger partial charge is 0.263 e. The standard InChI is InChI=1S/C16H17N3O2/c1-21-15-13(5-2-8-18-15)16(20)19-9-3-4-11-6-7-12(17)10-14(11)19/h2,5-8,10H,3-4,9,17H2,1H3. The lowest BCUT2D eigenvalue weighted by Crippen LogP contribution is -2.35. The van der Waals surface area contributed by atoms with E-state index in [9.17, 15) is 4.79 Å². The number of carbonyl (C=O) groups is 1. The fraction of sp³-hybridized carbons (Fsp3) is 0.250. The van der Waals surface area contributed by atoms with E-state index in [1.165, 1.54) is 7.11 Å². The van der Waals surface area contributed by atoms with Gasteiger partial charge in [0.15, 0.2) is 0 Å². The molecular weight excluding hydrogens is 266 g/mol. The summed E-state index contributed by atoms with van der Waals surface area (Å²) in [5.41, 5.74) is 9.02. The van der Waals surface area contributed by atoms with Gasteiger partial charge in [0.25, 0.3) is 5.91 Å². The average molecular weight is 283 g/mol. The number of aromatic nitrogens is 1. The highest BCUT2D eigenvalue weighted by Crippen LogP contribution is 2.31. The Balaban J connectivity index is 2.02. The quantitative estimate of drug-likeness (QED) is 0.858. The first-order valence-electron chi connectivity index (χ1n) is 6.90. The van der Waals surface area contributed by atoms with Gasteiger partial charge in [-0.15, -0.1) is 0 Å². The van der Waals surface area contributed by atoms with E-state index in [0.29, 0.717) is 23.7 Å². The highest BCUT2D eigenvalue weighted by Gasteiger charge is 2.26. The van der Waals surface area contributed by atoms with Crippen LogP contribution in [0.25, 0.3) is 0 Å². The molecule has 0 saturated carbocycles. The van der Waals surface area contributed by atoms with Gasteiger partial charge in [0.1, 0.15) is 5.56 Å². The van der Waals surface area contributed by atoms with Crippen LogP contribution in [-0.2, 0) is 6.42 Å². The summed E-state index contributed by atoms with van der Waals surface area (Å²) in [7, 11) is 1.52. The summed E-state index contributed by atoms with van der Waals surface area (Å²) in [5, 5.41) is 0. The van der Waals surface area contributed by atoms with Crippen molar-refractivity contribution in [1.82, 2.24) is 4.98 Å². The molecule has 0 unspecified atom stereocenters. The molecule has 0 fully saturated rings. The zero-order chi connectivity index (χ0) is 14.8. The highest BCUT2D eigenvalue weighted by molar-refractivity contribution is 6.08. The second-order valence-electron chi connectivity index (χ2n) is 5.01. The lowest BCUT2D eigenvalue weighted by molar-refractivity contribution is 0.0981. The molecule has 5 nitrogen and oxygen atoms in total. The third kappa shape index (κ3) is 2.42. The van der Waals surface area contributed by atoms with Crippen LogP contribution in [0, 0.1) is 0 Å². The number of hydrogen-bond acceptors (Lipinski definition) is 4. The second kappa shape index (κ2) is 5.44. The van der Waals surface area contributed by atoms with Gasteiger partial charge in [-0.2, -0.15) is 0 Å². The summed E-state index contributed by atoms with van der Waals surface area (Å²) < 4.78 is 5.19. The molecule has 0 saturated heterocycles. The molecule has 0 bridgehead atoms. The van der Waals surface area contributed by atoms with Crippen LogP contribution in [-0.4, -0.2) is 24.5 Å². The Bertz CT molecular complexity index is 685. The van der Waals surface area contributed by atoms with Crippen LogP contribution in [0.2, 0.25) is 0 Å². The van der Waals surface area contributed by atoms with Crippen molar-refractivity contribution in [3.63, 3.8) is 0 Å². The van der Waals surface area contributed by atoms with Gasteiger partial charge in [0, 0.05) is 24.1 Å². The maximum absolute atomic E-state index is 12.8. The number of amides is 1. The summed E-state index contributed by atoms with van der Waals surface area (Å²) in [6.45, 7) is 0.674. The van der Waals surface area contributed by atoms with Gasteiger partial charge in [-0.3, -0.25) is 4.79 Å². The Morgan fingerprint density at radius 3 is 3.05 bits per heavy atom. The first-order valence-corrected chi connectivity index (χ1v) is 6.90. The third-order valence-corrected chi connectivity index (χ3v) is 3.67. The minimum Gasteiger partial charge on any atom is -0.480 e. The fourth-order valence-corrected chi connectivity index (χ4v) is 2.66. The predicted molar refractivity (Wildman–Crippen MR) is 81.6 cm³/mol. The molecule has 1 aromatic carbocycles. The molecule has 21 heavy (non-hydrogen) atoms. The van der Waals surface area contributed by atoms with Crippen LogP contribution in [0.3, 0.4) is 0 Å². The van der Waals surface area contributed by atoms with E-state index in [-0.39, 0.29) is 5.91 Å². The number of nitrogens with two attached hydrogens (primary N) is 1. The summed E-state index contributed by atoms with van der Waals surface area (Å²) in [4.78, 5) is 18.7. The van der Waals surface area contributed by atoms with E-state index in [4.69, 9.17) is 10.5 Å². The van der Waals surface area contributed by atoms with Crippen LogP contribution in [0.4, 0.5) is 11.4 Å². The second-order valence-corrected chi connectivity index (χ2v) is 5.01. The molecule has 2 N–H and O–H groups in total. The van der Waals surface area contributed by atoms with Crippen molar-refractivity contribution >= 4 is 17.3 Å². The van der Waals surface area contributed by atoms with E-state index in [2.05, 4.69) is 4.98 Å². The number of benzene rings is 1. The summed E-state index contributed by atoms with van der Waals surface area (Å²) in [6.07, 6.45) is 3.51. The highest BCUT2D eigenvalue weighted by atomic mass is 16.5. The van der Waals surface area contributed by atoms with Crippen molar-refractivity contribution in [2.24, 2.45) is 0 Å². The Labute approximate surface area is 123 Å². The number of ether oxygens (including phenoxy) is 1. The zero-order valence-electron chi connectivity index (χ0n) is 11.9. The molecule has 0 radical (unpaired) electrons. The Morgan fingerprint density at radius 2 is 2.24 bits per heavy atom. The number of nitrogen functional groups attached to an aromatic ring is 1. The average Bonchev–Trinajstić information content (AvgIpc) is 2.53. The van der Waals surface area contributed by atoms with Gasteiger partial charge in [-0.05, 0) is 42.7 Å². The van der Waals surface area contributed by atoms with Crippen LogP contribution < -0.4 is 15.4 Å². The number of carbonyl (C=O) groups excluding carboxylic acids is 1. The summed E-state index contributed by atoms with van der Waals surface area (Å²) in [6, 6.07) is 9.19. The molecule has 108 valence electrons. The number of aryl methyl sites for hydroxylation is 1. The third-order valence-electron chi connectivity index (χ3n) is 3.67. The van der Waals surface area contributed by atoms with Gasteiger partial charge in [0.05, 0.1) is 7.11 Å². The van der Waals surface area contributed by atoms with Crippen molar-refractivity contribution in [2.75, 3.05) is 24.3 Å². The maximum Gasteiger partial charge on any atom is 0.263 e. The van der Waals surface area contributed by atoms with Crippen molar-refractivity contribution in [1.29, 1.82) is 0 Å². The molecule has 1 aliphatic heterocycles. The number of pyridine rings is 1. The number of methoxy groups -OCH3 is 1. The van der Waals surface area contributed by atoms with Gasteiger partial charge in [0.2, 0.25) is 5.88 Å². The molecule has 0 spiro atoms. The Hall–Kier alpha value is -2.56. The molecule has 0 atom stereocenters. The van der Waals surface area contributed by atoms with Gasteiger partial charge < -0.3 is 15.4 Å². The zero-order valence-corrected chi connectivity index (χ0v) is 11.9. The lowest BCUT2D eigenvalue weighted by atomic mass is 10.0.